The predicted molar refractivity (Wildman–Crippen MR) is 81.9 cm³/mol. The van der Waals surface area contributed by atoms with Crippen LogP contribution in [-0.4, -0.2) is 18.0 Å². The molecule has 2 heteroatoms. The van der Waals surface area contributed by atoms with E-state index in [-0.39, 0.29) is 0 Å². The van der Waals surface area contributed by atoms with Gasteiger partial charge in [0.2, 0.25) is 0 Å². The average molecular weight is 260 g/mol. The molecule has 1 aromatic carbocycles. The average Bonchev–Trinajstić information content (AvgIpc) is 2.82. The van der Waals surface area contributed by atoms with E-state index in [0.29, 0.717) is 0 Å². The van der Waals surface area contributed by atoms with Crippen LogP contribution in [0.4, 0.5) is 0 Å². The summed E-state index contributed by atoms with van der Waals surface area (Å²) in [5.74, 6) is 0.847. The molecule has 1 aliphatic heterocycles. The lowest BCUT2D eigenvalue weighted by atomic mass is 9.94. The van der Waals surface area contributed by atoms with Crippen molar-refractivity contribution in [1.82, 2.24) is 4.90 Å². The molecule has 2 rings (SSSR count). The molecule has 0 saturated heterocycles. The van der Waals surface area contributed by atoms with E-state index in [1.54, 1.807) is 0 Å². The van der Waals surface area contributed by atoms with Crippen LogP contribution in [0.5, 0.6) is 0 Å². The van der Waals surface area contributed by atoms with Crippen molar-refractivity contribution < 1.29 is 0 Å². The number of nitrogens with two attached hydrogens (primary N) is 1. The molecule has 1 atom stereocenters. The van der Waals surface area contributed by atoms with E-state index in [1.807, 2.05) is 0 Å². The number of fused-ring (bicyclic) bond motifs is 1. The van der Waals surface area contributed by atoms with Gasteiger partial charge in [-0.3, -0.25) is 4.90 Å². The zero-order chi connectivity index (χ0) is 13.5. The lowest BCUT2D eigenvalue weighted by Gasteiger charge is -2.18. The van der Waals surface area contributed by atoms with E-state index in [9.17, 15) is 0 Å². The Balaban J connectivity index is 1.70. The van der Waals surface area contributed by atoms with Crippen molar-refractivity contribution >= 4 is 0 Å². The van der Waals surface area contributed by atoms with Crippen LogP contribution in [-0.2, 0) is 13.1 Å². The highest BCUT2D eigenvalue weighted by Crippen LogP contribution is 2.23. The van der Waals surface area contributed by atoms with Crippen LogP contribution in [0.2, 0.25) is 0 Å². The van der Waals surface area contributed by atoms with Gasteiger partial charge in [0.1, 0.15) is 0 Å². The molecule has 1 unspecified atom stereocenters. The largest absolute Gasteiger partial charge is 0.330 e. The molecule has 2 nitrogen and oxygen atoms in total. The minimum Gasteiger partial charge on any atom is -0.330 e. The van der Waals surface area contributed by atoms with Crippen LogP contribution in [0.15, 0.2) is 24.3 Å². The Morgan fingerprint density at radius 2 is 1.79 bits per heavy atom. The van der Waals surface area contributed by atoms with Gasteiger partial charge in [-0.05, 0) is 49.4 Å². The molecule has 0 aliphatic carbocycles. The maximum Gasteiger partial charge on any atom is 0.0240 e. The van der Waals surface area contributed by atoms with Crippen LogP contribution < -0.4 is 5.73 Å². The van der Waals surface area contributed by atoms with E-state index >= 15 is 0 Å². The van der Waals surface area contributed by atoms with Crippen molar-refractivity contribution in [3.63, 3.8) is 0 Å². The Morgan fingerprint density at radius 3 is 2.37 bits per heavy atom. The van der Waals surface area contributed by atoms with Gasteiger partial charge >= 0.3 is 0 Å². The highest BCUT2D eigenvalue weighted by molar-refractivity contribution is 5.30. The quantitative estimate of drug-likeness (QED) is 0.774. The molecule has 1 aliphatic rings. The Morgan fingerprint density at radius 1 is 1.11 bits per heavy atom. The lowest BCUT2D eigenvalue weighted by molar-refractivity contribution is 0.264. The minimum absolute atomic E-state index is 0.847. The zero-order valence-corrected chi connectivity index (χ0v) is 12.3. The molecule has 2 N–H and O–H groups in total. The van der Waals surface area contributed by atoms with Crippen molar-refractivity contribution in [1.29, 1.82) is 0 Å². The van der Waals surface area contributed by atoms with Crippen LogP contribution in [0.25, 0.3) is 0 Å². The van der Waals surface area contributed by atoms with Crippen molar-refractivity contribution in [2.45, 2.75) is 52.1 Å². The smallest absolute Gasteiger partial charge is 0.0240 e. The molecule has 0 aromatic heterocycles. The molecule has 0 bridgehead atoms. The SMILES string of the molecule is CCCC(CCN)CCCN1Cc2ccccc2C1. The van der Waals surface area contributed by atoms with Gasteiger partial charge in [0, 0.05) is 13.1 Å². The summed E-state index contributed by atoms with van der Waals surface area (Å²) in [6.45, 7) is 6.65. The highest BCUT2D eigenvalue weighted by atomic mass is 15.1. The maximum atomic E-state index is 5.70. The van der Waals surface area contributed by atoms with Crippen molar-refractivity contribution in [2.24, 2.45) is 11.7 Å². The molecule has 0 saturated carbocycles. The second-order valence-corrected chi connectivity index (χ2v) is 5.85. The summed E-state index contributed by atoms with van der Waals surface area (Å²) in [7, 11) is 0. The second-order valence-electron chi connectivity index (χ2n) is 5.85. The third-order valence-corrected chi connectivity index (χ3v) is 4.26. The first-order valence-corrected chi connectivity index (χ1v) is 7.82. The summed E-state index contributed by atoms with van der Waals surface area (Å²) >= 11 is 0. The first-order chi connectivity index (χ1) is 9.33. The first-order valence-electron chi connectivity index (χ1n) is 7.82. The monoisotopic (exact) mass is 260 g/mol. The standard InChI is InChI=1S/C17H28N2/c1-2-6-15(10-11-18)7-5-12-19-13-16-8-3-4-9-17(16)14-19/h3-4,8-9,15H,2,5-7,10-14,18H2,1H3. The fraction of sp³-hybridized carbons (Fsp3) is 0.647. The van der Waals surface area contributed by atoms with Crippen LogP contribution >= 0.6 is 0 Å². The molecule has 0 spiro atoms. The number of nitrogens with zero attached hydrogens (tertiary/aromatic N) is 1. The summed E-state index contributed by atoms with van der Waals surface area (Å²) in [5, 5.41) is 0. The van der Waals surface area contributed by atoms with E-state index in [1.165, 1.54) is 49.8 Å². The van der Waals surface area contributed by atoms with Crippen LogP contribution in [0.1, 0.15) is 50.2 Å². The van der Waals surface area contributed by atoms with Gasteiger partial charge in [-0.15, -0.1) is 0 Å². The van der Waals surface area contributed by atoms with Gasteiger partial charge in [-0.2, -0.15) is 0 Å². The number of benzene rings is 1. The molecule has 1 heterocycles. The molecule has 106 valence electrons. The maximum absolute atomic E-state index is 5.70. The predicted octanol–water partition coefficient (Wildman–Crippen LogP) is 3.55. The van der Waals surface area contributed by atoms with Gasteiger partial charge < -0.3 is 5.73 Å². The van der Waals surface area contributed by atoms with E-state index < -0.39 is 0 Å². The van der Waals surface area contributed by atoms with Crippen LogP contribution in [0, 0.1) is 5.92 Å². The summed E-state index contributed by atoms with van der Waals surface area (Å²) in [6.07, 6.45) is 6.50. The second kappa shape index (κ2) is 7.66. The normalized spacial score (nSPS) is 16.5. The molecular weight excluding hydrogens is 232 g/mol. The topological polar surface area (TPSA) is 29.3 Å². The number of rotatable bonds is 8. The van der Waals surface area contributed by atoms with Gasteiger partial charge in [0.05, 0.1) is 0 Å². The zero-order valence-electron chi connectivity index (χ0n) is 12.3. The van der Waals surface area contributed by atoms with E-state index in [2.05, 4.69) is 36.1 Å². The molecule has 0 radical (unpaired) electrons. The Labute approximate surface area is 118 Å². The van der Waals surface area contributed by atoms with Gasteiger partial charge in [-0.1, -0.05) is 44.0 Å². The van der Waals surface area contributed by atoms with Gasteiger partial charge in [0.25, 0.3) is 0 Å². The molecule has 0 amide bonds. The molecular formula is C17H28N2. The Bertz CT molecular complexity index is 344. The van der Waals surface area contributed by atoms with Gasteiger partial charge in [-0.25, -0.2) is 0 Å². The summed E-state index contributed by atoms with van der Waals surface area (Å²) in [5.41, 5.74) is 8.75. The van der Waals surface area contributed by atoms with Crippen molar-refractivity contribution in [3.8, 4) is 0 Å². The molecule has 1 aromatic rings. The van der Waals surface area contributed by atoms with Gasteiger partial charge in [0.15, 0.2) is 0 Å². The Hall–Kier alpha value is -0.860. The summed E-state index contributed by atoms with van der Waals surface area (Å²) < 4.78 is 0. The fourth-order valence-corrected chi connectivity index (χ4v) is 3.24. The third-order valence-electron chi connectivity index (χ3n) is 4.26. The highest BCUT2D eigenvalue weighted by Gasteiger charge is 2.17. The lowest BCUT2D eigenvalue weighted by Crippen LogP contribution is -2.19. The Kier molecular flexibility index (Phi) is 5.87. The fourth-order valence-electron chi connectivity index (χ4n) is 3.24. The van der Waals surface area contributed by atoms with Crippen LogP contribution in [0.3, 0.4) is 0 Å². The van der Waals surface area contributed by atoms with Crippen molar-refractivity contribution in [3.05, 3.63) is 35.4 Å². The molecule has 19 heavy (non-hydrogen) atoms. The van der Waals surface area contributed by atoms with E-state index in [4.69, 9.17) is 5.73 Å². The number of hydrogen-bond acceptors (Lipinski definition) is 2. The van der Waals surface area contributed by atoms with Crippen molar-refractivity contribution in [2.75, 3.05) is 13.1 Å². The molecule has 0 fully saturated rings. The van der Waals surface area contributed by atoms with E-state index in [0.717, 1.165) is 25.6 Å². The summed E-state index contributed by atoms with van der Waals surface area (Å²) in [4.78, 5) is 2.58. The summed E-state index contributed by atoms with van der Waals surface area (Å²) in [6, 6.07) is 8.84. The minimum atomic E-state index is 0.847. The third kappa shape index (κ3) is 4.32. The number of hydrogen-bond donors (Lipinski definition) is 1. The first kappa shape index (κ1) is 14.5.